The van der Waals surface area contributed by atoms with Crippen LogP contribution in [-0.2, 0) is 9.84 Å². The van der Waals surface area contributed by atoms with Crippen LogP contribution in [0.1, 0.15) is 24.1 Å². The molecule has 0 aliphatic rings. The van der Waals surface area contributed by atoms with Gasteiger partial charge in [0.25, 0.3) is 0 Å². The molecule has 1 unspecified atom stereocenters. The summed E-state index contributed by atoms with van der Waals surface area (Å²) in [5, 5.41) is 4.24. The molecule has 0 fully saturated rings. The van der Waals surface area contributed by atoms with Crippen molar-refractivity contribution in [1.82, 2.24) is 9.78 Å². The van der Waals surface area contributed by atoms with Crippen LogP contribution in [-0.4, -0.2) is 24.5 Å². The van der Waals surface area contributed by atoms with Gasteiger partial charge in [-0.3, -0.25) is 0 Å². The largest absolute Gasteiger partial charge is 0.384 e. The van der Waals surface area contributed by atoms with Crippen molar-refractivity contribution in [3.8, 4) is 0 Å². The Bertz CT molecular complexity index is 687. The molecular weight excluding hydrogens is 262 g/mol. The fraction of sp³-hybridized carbons (Fsp3) is 0.308. The van der Waals surface area contributed by atoms with Crippen molar-refractivity contribution >= 4 is 15.7 Å². The summed E-state index contributed by atoms with van der Waals surface area (Å²) in [5.74, 6) is 0.625. The van der Waals surface area contributed by atoms with E-state index in [4.69, 9.17) is 5.73 Å². The second-order valence-electron chi connectivity index (χ2n) is 4.67. The van der Waals surface area contributed by atoms with E-state index in [0.29, 0.717) is 10.7 Å². The smallest absolute Gasteiger partial charge is 0.175 e. The van der Waals surface area contributed by atoms with Gasteiger partial charge in [0.05, 0.1) is 17.1 Å². The van der Waals surface area contributed by atoms with Crippen molar-refractivity contribution in [1.29, 1.82) is 0 Å². The van der Waals surface area contributed by atoms with E-state index in [1.807, 2.05) is 13.8 Å². The Hall–Kier alpha value is -1.82. The number of nitrogen functional groups attached to an aromatic ring is 1. The van der Waals surface area contributed by atoms with Gasteiger partial charge in [-0.15, -0.1) is 0 Å². The predicted octanol–water partition coefficient (Wildman–Crippen LogP) is 1.79. The molecule has 0 bridgehead atoms. The van der Waals surface area contributed by atoms with Gasteiger partial charge in [-0.1, -0.05) is 12.1 Å². The van der Waals surface area contributed by atoms with E-state index in [-0.39, 0.29) is 6.04 Å². The summed E-state index contributed by atoms with van der Waals surface area (Å²) in [6.45, 7) is 3.87. The van der Waals surface area contributed by atoms with Gasteiger partial charge in [-0.05, 0) is 31.5 Å². The molecule has 2 N–H and O–H groups in total. The molecule has 0 spiro atoms. The van der Waals surface area contributed by atoms with Crippen molar-refractivity contribution in [2.75, 3.05) is 12.0 Å². The summed E-state index contributed by atoms with van der Waals surface area (Å²) in [7, 11) is -3.16. The van der Waals surface area contributed by atoms with Crippen molar-refractivity contribution in [3.05, 3.63) is 41.6 Å². The lowest BCUT2D eigenvalue weighted by Crippen LogP contribution is -2.12. The number of rotatable bonds is 3. The lowest BCUT2D eigenvalue weighted by Gasteiger charge is -2.15. The molecule has 0 saturated carbocycles. The Balaban J connectivity index is 2.35. The average molecular weight is 279 g/mol. The highest BCUT2D eigenvalue weighted by Crippen LogP contribution is 2.23. The van der Waals surface area contributed by atoms with Gasteiger partial charge in [0, 0.05) is 11.8 Å². The zero-order valence-electron chi connectivity index (χ0n) is 11.2. The van der Waals surface area contributed by atoms with E-state index in [0.717, 1.165) is 11.1 Å². The maximum absolute atomic E-state index is 11.4. The topological polar surface area (TPSA) is 78.0 Å². The molecule has 0 saturated heterocycles. The van der Waals surface area contributed by atoms with E-state index in [1.165, 1.54) is 6.26 Å². The third kappa shape index (κ3) is 2.63. The second kappa shape index (κ2) is 4.70. The van der Waals surface area contributed by atoms with Gasteiger partial charge in [0.2, 0.25) is 0 Å². The van der Waals surface area contributed by atoms with Crippen LogP contribution in [0.4, 0.5) is 5.82 Å². The number of aryl methyl sites for hydroxylation is 1. The molecule has 102 valence electrons. The first kappa shape index (κ1) is 13.6. The highest BCUT2D eigenvalue weighted by atomic mass is 32.2. The van der Waals surface area contributed by atoms with E-state index in [9.17, 15) is 8.42 Å². The van der Waals surface area contributed by atoms with Gasteiger partial charge < -0.3 is 5.73 Å². The molecule has 5 nitrogen and oxygen atoms in total. The Kier molecular flexibility index (Phi) is 3.36. The number of hydrogen-bond donors (Lipinski definition) is 1. The first-order valence-electron chi connectivity index (χ1n) is 5.90. The average Bonchev–Trinajstić information content (AvgIpc) is 2.68. The van der Waals surface area contributed by atoms with Crippen molar-refractivity contribution in [3.63, 3.8) is 0 Å². The molecule has 0 radical (unpaired) electrons. The summed E-state index contributed by atoms with van der Waals surface area (Å²) >= 11 is 0. The summed E-state index contributed by atoms with van der Waals surface area (Å²) in [4.78, 5) is 0.313. The van der Waals surface area contributed by atoms with Crippen molar-refractivity contribution in [2.24, 2.45) is 0 Å². The van der Waals surface area contributed by atoms with Gasteiger partial charge in [-0.2, -0.15) is 5.10 Å². The molecule has 0 aliphatic heterocycles. The van der Waals surface area contributed by atoms with Gasteiger partial charge in [-0.25, -0.2) is 13.1 Å². The Morgan fingerprint density at radius 2 is 1.84 bits per heavy atom. The highest BCUT2D eigenvalue weighted by molar-refractivity contribution is 7.90. The van der Waals surface area contributed by atoms with Crippen LogP contribution in [0.15, 0.2) is 35.4 Å². The van der Waals surface area contributed by atoms with Crippen LogP contribution in [0, 0.1) is 6.92 Å². The van der Waals surface area contributed by atoms with Crippen LogP contribution in [0.5, 0.6) is 0 Å². The van der Waals surface area contributed by atoms with Crippen LogP contribution in [0.25, 0.3) is 0 Å². The minimum absolute atomic E-state index is 0.0395. The molecule has 1 aromatic heterocycles. The monoisotopic (exact) mass is 279 g/mol. The second-order valence-corrected chi connectivity index (χ2v) is 6.69. The molecular formula is C13H17N3O2S. The minimum atomic E-state index is -3.16. The third-order valence-corrected chi connectivity index (χ3v) is 4.31. The SMILES string of the molecule is Cc1cnn(C(C)c2ccc(S(C)(=O)=O)cc2)c1N. The van der Waals surface area contributed by atoms with E-state index < -0.39 is 9.84 Å². The van der Waals surface area contributed by atoms with E-state index >= 15 is 0 Å². The van der Waals surface area contributed by atoms with Crippen LogP contribution in [0.2, 0.25) is 0 Å². The van der Waals surface area contributed by atoms with Gasteiger partial charge in [0.15, 0.2) is 9.84 Å². The fourth-order valence-electron chi connectivity index (χ4n) is 1.90. The maximum Gasteiger partial charge on any atom is 0.175 e. The molecule has 1 atom stereocenters. The Labute approximate surface area is 113 Å². The molecule has 0 amide bonds. The molecule has 0 aliphatic carbocycles. The summed E-state index contributed by atoms with van der Waals surface area (Å²) in [6, 6.07) is 6.75. The Morgan fingerprint density at radius 3 is 2.26 bits per heavy atom. The molecule has 1 heterocycles. The number of aromatic nitrogens is 2. The fourth-order valence-corrected chi connectivity index (χ4v) is 2.53. The van der Waals surface area contributed by atoms with Crippen LogP contribution < -0.4 is 5.73 Å². The standard InChI is InChI=1S/C13H17N3O2S/c1-9-8-15-16(13(9)14)10(2)11-4-6-12(7-5-11)19(3,17)18/h4-8,10H,14H2,1-3H3. The van der Waals surface area contributed by atoms with E-state index in [1.54, 1.807) is 35.1 Å². The number of sulfone groups is 1. The normalized spacial score (nSPS) is 13.4. The molecule has 2 rings (SSSR count). The predicted molar refractivity (Wildman–Crippen MR) is 74.7 cm³/mol. The quantitative estimate of drug-likeness (QED) is 0.929. The number of hydrogen-bond acceptors (Lipinski definition) is 4. The third-order valence-electron chi connectivity index (χ3n) is 3.18. The lowest BCUT2D eigenvalue weighted by atomic mass is 10.1. The summed E-state index contributed by atoms with van der Waals surface area (Å²) in [6.07, 6.45) is 2.91. The summed E-state index contributed by atoms with van der Waals surface area (Å²) in [5.41, 5.74) is 7.84. The van der Waals surface area contributed by atoms with Gasteiger partial charge >= 0.3 is 0 Å². The molecule has 19 heavy (non-hydrogen) atoms. The zero-order valence-corrected chi connectivity index (χ0v) is 12.0. The van der Waals surface area contributed by atoms with Crippen molar-refractivity contribution in [2.45, 2.75) is 24.8 Å². The zero-order chi connectivity index (χ0) is 14.2. The van der Waals surface area contributed by atoms with Crippen LogP contribution >= 0.6 is 0 Å². The first-order chi connectivity index (χ1) is 8.80. The summed E-state index contributed by atoms with van der Waals surface area (Å²) < 4.78 is 24.5. The van der Waals surface area contributed by atoms with E-state index in [2.05, 4.69) is 5.10 Å². The Morgan fingerprint density at radius 1 is 1.26 bits per heavy atom. The highest BCUT2D eigenvalue weighted by Gasteiger charge is 2.14. The van der Waals surface area contributed by atoms with Gasteiger partial charge in [0.1, 0.15) is 5.82 Å². The lowest BCUT2D eigenvalue weighted by molar-refractivity contribution is 0.572. The van der Waals surface area contributed by atoms with Crippen LogP contribution in [0.3, 0.4) is 0 Å². The molecule has 6 heteroatoms. The maximum atomic E-state index is 11.4. The molecule has 1 aromatic carbocycles. The first-order valence-corrected chi connectivity index (χ1v) is 7.79. The number of benzene rings is 1. The van der Waals surface area contributed by atoms with Crippen molar-refractivity contribution < 1.29 is 8.42 Å². The molecule has 2 aromatic rings. The minimum Gasteiger partial charge on any atom is -0.384 e. The number of nitrogens with two attached hydrogens (primary N) is 1. The number of nitrogens with zero attached hydrogens (tertiary/aromatic N) is 2. The number of anilines is 1.